The minimum Gasteiger partial charge on any atom is -0.432 e. The first-order valence-corrected chi connectivity index (χ1v) is 4.60. The number of carbonyl (C=O) groups excluding carboxylic acids is 1. The van der Waals surface area contributed by atoms with Gasteiger partial charge in [-0.05, 0) is 6.92 Å². The molecule has 1 unspecified atom stereocenters. The number of hydrogen-bond acceptors (Lipinski definition) is 4. The van der Waals surface area contributed by atoms with Crippen molar-refractivity contribution < 1.29 is 9.21 Å². The summed E-state index contributed by atoms with van der Waals surface area (Å²) in [5, 5.41) is 2.55. The number of thiol groups is 1. The van der Waals surface area contributed by atoms with E-state index in [9.17, 15) is 4.79 Å². The molecule has 0 aliphatic rings. The molecule has 0 spiro atoms. The number of aromatic nitrogens is 1. The van der Waals surface area contributed by atoms with Crippen LogP contribution in [-0.2, 0) is 4.79 Å². The van der Waals surface area contributed by atoms with Gasteiger partial charge in [0.1, 0.15) is 6.26 Å². The lowest BCUT2D eigenvalue weighted by molar-refractivity contribution is -0.118. The summed E-state index contributed by atoms with van der Waals surface area (Å²) in [5.41, 5.74) is 0.744. The van der Waals surface area contributed by atoms with E-state index in [1.807, 2.05) is 0 Å². The molecule has 1 aromatic rings. The van der Waals surface area contributed by atoms with Gasteiger partial charge in [0.25, 0.3) is 0 Å². The zero-order valence-electron chi connectivity index (χ0n) is 7.57. The average Bonchev–Trinajstić information content (AvgIpc) is 2.49. The van der Waals surface area contributed by atoms with Gasteiger partial charge >= 0.3 is 6.01 Å². The molecule has 0 fully saturated rings. The summed E-state index contributed by atoms with van der Waals surface area (Å²) in [5.74, 6) is 0.235. The summed E-state index contributed by atoms with van der Waals surface area (Å²) in [4.78, 5) is 15.2. The lowest BCUT2D eigenvalue weighted by Gasteiger charge is -2.05. The van der Waals surface area contributed by atoms with E-state index in [0.717, 1.165) is 5.69 Å². The van der Waals surface area contributed by atoms with Crippen molar-refractivity contribution in [2.45, 2.75) is 13.8 Å². The SMILES string of the molecule is Cc1coc(NC(=O)C(C)CS)n1. The van der Waals surface area contributed by atoms with Crippen molar-refractivity contribution in [2.24, 2.45) is 5.92 Å². The second-order valence-electron chi connectivity index (χ2n) is 2.87. The van der Waals surface area contributed by atoms with Gasteiger partial charge in [-0.2, -0.15) is 17.6 Å². The lowest BCUT2D eigenvalue weighted by atomic mass is 10.2. The Hall–Kier alpha value is -0.970. The smallest absolute Gasteiger partial charge is 0.301 e. The molecule has 0 aliphatic carbocycles. The van der Waals surface area contributed by atoms with Gasteiger partial charge in [-0.15, -0.1) is 0 Å². The molecule has 0 radical (unpaired) electrons. The van der Waals surface area contributed by atoms with Crippen LogP contribution in [0, 0.1) is 12.8 Å². The van der Waals surface area contributed by atoms with Crippen molar-refractivity contribution in [3.63, 3.8) is 0 Å². The highest BCUT2D eigenvalue weighted by molar-refractivity contribution is 7.80. The van der Waals surface area contributed by atoms with Crippen molar-refractivity contribution in [3.8, 4) is 0 Å². The Morgan fingerprint density at radius 3 is 3.00 bits per heavy atom. The number of rotatable bonds is 3. The van der Waals surface area contributed by atoms with Gasteiger partial charge in [0, 0.05) is 11.7 Å². The third-order valence-electron chi connectivity index (χ3n) is 1.57. The Morgan fingerprint density at radius 1 is 1.85 bits per heavy atom. The van der Waals surface area contributed by atoms with E-state index in [1.54, 1.807) is 13.8 Å². The van der Waals surface area contributed by atoms with Crippen LogP contribution in [0.25, 0.3) is 0 Å². The van der Waals surface area contributed by atoms with Crippen molar-refractivity contribution in [2.75, 3.05) is 11.1 Å². The number of anilines is 1. The average molecular weight is 200 g/mol. The quantitative estimate of drug-likeness (QED) is 0.727. The summed E-state index contributed by atoms with van der Waals surface area (Å²) in [6.45, 7) is 3.58. The van der Waals surface area contributed by atoms with Crippen molar-refractivity contribution >= 4 is 24.6 Å². The molecule has 1 aromatic heterocycles. The maximum Gasteiger partial charge on any atom is 0.301 e. The second kappa shape index (κ2) is 4.32. The largest absolute Gasteiger partial charge is 0.432 e. The van der Waals surface area contributed by atoms with Crippen LogP contribution in [0.4, 0.5) is 6.01 Å². The maximum absolute atomic E-state index is 11.3. The number of nitrogens with zero attached hydrogens (tertiary/aromatic N) is 1. The van der Waals surface area contributed by atoms with Crippen LogP contribution in [0.15, 0.2) is 10.7 Å². The molecule has 1 heterocycles. The molecule has 72 valence electrons. The summed E-state index contributed by atoms with van der Waals surface area (Å²) >= 11 is 4.01. The van der Waals surface area contributed by atoms with E-state index in [2.05, 4.69) is 22.9 Å². The van der Waals surface area contributed by atoms with E-state index in [4.69, 9.17) is 4.42 Å². The van der Waals surface area contributed by atoms with E-state index in [0.29, 0.717) is 5.75 Å². The van der Waals surface area contributed by atoms with Gasteiger partial charge in [0.15, 0.2) is 0 Å². The third-order valence-corrected chi connectivity index (χ3v) is 2.12. The molecule has 1 rings (SSSR count). The van der Waals surface area contributed by atoms with Gasteiger partial charge in [0.2, 0.25) is 5.91 Å². The molecule has 5 heteroatoms. The minimum atomic E-state index is -0.143. The standard InChI is InChI=1S/C8H12N2O2S/c1-5(4-13)7(11)10-8-9-6(2)3-12-8/h3,5,13H,4H2,1-2H3,(H,9,10,11). The summed E-state index contributed by atoms with van der Waals surface area (Å²) in [7, 11) is 0. The zero-order valence-corrected chi connectivity index (χ0v) is 8.47. The van der Waals surface area contributed by atoms with Gasteiger partial charge in [-0.1, -0.05) is 6.92 Å². The second-order valence-corrected chi connectivity index (χ2v) is 3.23. The zero-order chi connectivity index (χ0) is 9.84. The van der Waals surface area contributed by atoms with Crippen LogP contribution >= 0.6 is 12.6 Å². The fraction of sp³-hybridized carbons (Fsp3) is 0.500. The van der Waals surface area contributed by atoms with Crippen molar-refractivity contribution in [1.29, 1.82) is 0 Å². The molecule has 1 N–H and O–H groups in total. The Kier molecular flexibility index (Phi) is 3.36. The molecular weight excluding hydrogens is 188 g/mol. The van der Waals surface area contributed by atoms with Gasteiger partial charge in [-0.3, -0.25) is 10.1 Å². The normalized spacial score (nSPS) is 12.5. The number of aryl methyl sites for hydroxylation is 1. The first-order valence-electron chi connectivity index (χ1n) is 3.97. The van der Waals surface area contributed by atoms with Crippen molar-refractivity contribution in [1.82, 2.24) is 4.98 Å². The fourth-order valence-electron chi connectivity index (χ4n) is 0.723. The Labute approximate surface area is 82.1 Å². The number of carbonyl (C=O) groups is 1. The predicted molar refractivity (Wildman–Crippen MR) is 52.9 cm³/mol. The van der Waals surface area contributed by atoms with E-state index in [1.165, 1.54) is 6.26 Å². The van der Waals surface area contributed by atoms with Gasteiger partial charge in [0.05, 0.1) is 5.69 Å². The minimum absolute atomic E-state index is 0.128. The van der Waals surface area contributed by atoms with Crippen LogP contribution in [0.3, 0.4) is 0 Å². The number of hydrogen-bond donors (Lipinski definition) is 2. The highest BCUT2D eigenvalue weighted by atomic mass is 32.1. The summed E-state index contributed by atoms with van der Waals surface area (Å²) in [6.07, 6.45) is 1.49. The molecule has 0 saturated carbocycles. The topological polar surface area (TPSA) is 55.1 Å². The predicted octanol–water partition coefficient (Wildman–Crippen LogP) is 1.49. The highest BCUT2D eigenvalue weighted by Gasteiger charge is 2.12. The Bertz CT molecular complexity index is 298. The molecular formula is C8H12N2O2S. The highest BCUT2D eigenvalue weighted by Crippen LogP contribution is 2.08. The van der Waals surface area contributed by atoms with Gasteiger partial charge < -0.3 is 4.42 Å². The van der Waals surface area contributed by atoms with Crippen LogP contribution in [-0.4, -0.2) is 16.6 Å². The number of nitrogens with one attached hydrogen (secondary N) is 1. The fourth-order valence-corrected chi connectivity index (χ4v) is 0.889. The van der Waals surface area contributed by atoms with Crippen LogP contribution in [0.5, 0.6) is 0 Å². The summed E-state index contributed by atoms with van der Waals surface area (Å²) in [6, 6.07) is 0.246. The Morgan fingerprint density at radius 2 is 2.54 bits per heavy atom. The molecule has 13 heavy (non-hydrogen) atoms. The number of oxazole rings is 1. The molecule has 0 bridgehead atoms. The molecule has 4 nitrogen and oxygen atoms in total. The van der Waals surface area contributed by atoms with Crippen LogP contribution in [0.2, 0.25) is 0 Å². The van der Waals surface area contributed by atoms with Crippen LogP contribution in [0.1, 0.15) is 12.6 Å². The summed E-state index contributed by atoms with van der Waals surface area (Å²) < 4.78 is 4.96. The molecule has 0 aliphatic heterocycles. The van der Waals surface area contributed by atoms with E-state index in [-0.39, 0.29) is 17.8 Å². The van der Waals surface area contributed by atoms with Crippen molar-refractivity contribution in [3.05, 3.63) is 12.0 Å². The maximum atomic E-state index is 11.3. The van der Waals surface area contributed by atoms with Crippen LogP contribution < -0.4 is 5.32 Å². The molecule has 1 amide bonds. The molecule has 0 saturated heterocycles. The molecule has 0 aromatic carbocycles. The lowest BCUT2D eigenvalue weighted by Crippen LogP contribution is -2.21. The number of amides is 1. The first-order chi connectivity index (χ1) is 6.13. The first kappa shape index (κ1) is 10.1. The van der Waals surface area contributed by atoms with Gasteiger partial charge in [-0.25, -0.2) is 0 Å². The monoisotopic (exact) mass is 200 g/mol. The third kappa shape index (κ3) is 2.77. The van der Waals surface area contributed by atoms with E-state index < -0.39 is 0 Å². The Balaban J connectivity index is 2.54. The van der Waals surface area contributed by atoms with E-state index >= 15 is 0 Å². The molecule has 1 atom stereocenters.